The highest BCUT2D eigenvalue weighted by atomic mass is 16.5. The molecule has 7 heteroatoms. The van der Waals surface area contributed by atoms with Crippen LogP contribution in [-0.4, -0.2) is 32.9 Å². The summed E-state index contributed by atoms with van der Waals surface area (Å²) in [7, 11) is 0. The first-order valence-corrected chi connectivity index (χ1v) is 12.2. The summed E-state index contributed by atoms with van der Waals surface area (Å²) in [5.41, 5.74) is 2.95. The first kappa shape index (κ1) is 22.2. The number of amides is 1. The summed E-state index contributed by atoms with van der Waals surface area (Å²) < 4.78 is 8.17. The molecule has 34 heavy (non-hydrogen) atoms. The number of guanidine groups is 1. The van der Waals surface area contributed by atoms with Crippen molar-refractivity contribution < 1.29 is 9.53 Å². The van der Waals surface area contributed by atoms with Crippen LogP contribution in [0.2, 0.25) is 0 Å². The monoisotopic (exact) mass is 457 g/mol. The Labute approximate surface area is 200 Å². The number of aromatic nitrogens is 2. The van der Waals surface area contributed by atoms with Crippen molar-refractivity contribution in [3.8, 4) is 5.75 Å². The van der Waals surface area contributed by atoms with Gasteiger partial charge in [-0.2, -0.15) is 0 Å². The van der Waals surface area contributed by atoms with Gasteiger partial charge in [0.25, 0.3) is 5.91 Å². The zero-order chi connectivity index (χ0) is 23.2. The molecule has 0 aliphatic carbocycles. The smallest absolute Gasteiger partial charge is 0.254 e. The maximum absolute atomic E-state index is 12.6. The zero-order valence-electron chi connectivity index (χ0n) is 19.4. The molecule has 1 unspecified atom stereocenters. The molecule has 0 radical (unpaired) electrons. The van der Waals surface area contributed by atoms with Crippen LogP contribution >= 0.6 is 0 Å². The molecule has 3 heterocycles. The third-order valence-electron chi connectivity index (χ3n) is 6.44. The van der Waals surface area contributed by atoms with Gasteiger partial charge in [-0.1, -0.05) is 56.0 Å². The lowest BCUT2D eigenvalue weighted by Crippen LogP contribution is -2.33. The average molecular weight is 458 g/mol. The van der Waals surface area contributed by atoms with Crippen LogP contribution in [0.5, 0.6) is 5.75 Å². The lowest BCUT2D eigenvalue weighted by atomic mass is 10.0. The van der Waals surface area contributed by atoms with Crippen molar-refractivity contribution in [2.75, 3.05) is 6.61 Å². The summed E-state index contributed by atoms with van der Waals surface area (Å²) >= 11 is 0. The number of hydrogen-bond donors (Lipinski definition) is 1. The zero-order valence-corrected chi connectivity index (χ0v) is 19.4. The SMILES string of the molecule is O=C1NC2=Nc3ccc(OCCCCCCCCn4ccnc4)cc3CN2C1c1ccccc1. The van der Waals surface area contributed by atoms with Crippen LogP contribution < -0.4 is 10.1 Å². The Bertz CT molecular complexity index is 1130. The molecule has 1 fully saturated rings. The predicted octanol–water partition coefficient (Wildman–Crippen LogP) is 4.98. The average Bonchev–Trinajstić information content (AvgIpc) is 3.48. The van der Waals surface area contributed by atoms with Crippen LogP contribution in [0.25, 0.3) is 0 Å². The number of hydrogen-bond acceptors (Lipinski definition) is 5. The molecule has 1 amide bonds. The summed E-state index contributed by atoms with van der Waals surface area (Å²) in [6.45, 7) is 2.40. The lowest BCUT2D eigenvalue weighted by molar-refractivity contribution is -0.121. The highest BCUT2D eigenvalue weighted by Gasteiger charge is 2.40. The van der Waals surface area contributed by atoms with Crippen LogP contribution in [0.1, 0.15) is 55.7 Å². The highest BCUT2D eigenvalue weighted by molar-refractivity contribution is 6.08. The number of aryl methyl sites for hydroxylation is 1. The van der Waals surface area contributed by atoms with Gasteiger partial charge < -0.3 is 14.2 Å². The molecule has 3 aromatic rings. The molecule has 1 saturated heterocycles. The fourth-order valence-electron chi connectivity index (χ4n) is 4.64. The Morgan fingerprint density at radius 3 is 2.65 bits per heavy atom. The van der Waals surface area contributed by atoms with Gasteiger partial charge in [-0.3, -0.25) is 10.1 Å². The van der Waals surface area contributed by atoms with Crippen molar-refractivity contribution in [2.24, 2.45) is 4.99 Å². The van der Waals surface area contributed by atoms with E-state index in [-0.39, 0.29) is 11.9 Å². The van der Waals surface area contributed by atoms with Gasteiger partial charge in [0.1, 0.15) is 11.8 Å². The number of aliphatic imine (C=N–C) groups is 1. The number of benzene rings is 2. The minimum atomic E-state index is -0.349. The van der Waals surface area contributed by atoms with E-state index in [9.17, 15) is 4.79 Å². The van der Waals surface area contributed by atoms with E-state index in [4.69, 9.17) is 4.74 Å². The Kier molecular flexibility index (Phi) is 6.89. The van der Waals surface area contributed by atoms with Gasteiger partial charge in [-0.25, -0.2) is 9.98 Å². The Hall–Kier alpha value is -3.61. The molecule has 5 rings (SSSR count). The van der Waals surface area contributed by atoms with Crippen molar-refractivity contribution in [3.63, 3.8) is 0 Å². The minimum Gasteiger partial charge on any atom is -0.494 e. The third kappa shape index (κ3) is 5.14. The van der Waals surface area contributed by atoms with E-state index in [2.05, 4.69) is 25.9 Å². The van der Waals surface area contributed by atoms with Gasteiger partial charge in [0.15, 0.2) is 0 Å². The van der Waals surface area contributed by atoms with E-state index in [1.54, 1.807) is 0 Å². The second-order valence-electron chi connectivity index (χ2n) is 8.93. The number of imidazole rings is 1. The van der Waals surface area contributed by atoms with Gasteiger partial charge in [0.2, 0.25) is 5.96 Å². The number of carbonyl (C=O) groups excluding carboxylic acids is 1. The number of rotatable bonds is 11. The topological polar surface area (TPSA) is 71.7 Å². The molecule has 1 aromatic heterocycles. The van der Waals surface area contributed by atoms with Gasteiger partial charge in [-0.05, 0) is 36.6 Å². The fourth-order valence-corrected chi connectivity index (χ4v) is 4.64. The normalized spacial score (nSPS) is 16.6. The minimum absolute atomic E-state index is 0.0315. The van der Waals surface area contributed by atoms with E-state index in [1.165, 1.54) is 32.1 Å². The first-order chi connectivity index (χ1) is 16.8. The summed E-state index contributed by atoms with van der Waals surface area (Å²) in [5, 5.41) is 2.94. The highest BCUT2D eigenvalue weighted by Crippen LogP contribution is 2.36. The molecule has 0 spiro atoms. The largest absolute Gasteiger partial charge is 0.494 e. The second-order valence-corrected chi connectivity index (χ2v) is 8.93. The molecule has 1 N–H and O–H groups in total. The fraction of sp³-hybridized carbons (Fsp3) is 0.370. The summed E-state index contributed by atoms with van der Waals surface area (Å²) in [5.74, 6) is 1.47. The molecule has 2 aromatic carbocycles. The van der Waals surface area contributed by atoms with Crippen LogP contribution in [0.15, 0.2) is 72.2 Å². The summed E-state index contributed by atoms with van der Waals surface area (Å²) in [4.78, 5) is 23.4. The molecule has 2 aliphatic rings. The molecule has 2 aliphatic heterocycles. The van der Waals surface area contributed by atoms with Crippen molar-refractivity contribution in [3.05, 3.63) is 78.4 Å². The van der Waals surface area contributed by atoms with Crippen LogP contribution in [-0.2, 0) is 17.9 Å². The van der Waals surface area contributed by atoms with E-state index in [0.717, 1.165) is 42.1 Å². The predicted molar refractivity (Wildman–Crippen MR) is 132 cm³/mol. The number of carbonyl (C=O) groups is 1. The van der Waals surface area contributed by atoms with Crippen LogP contribution in [0.4, 0.5) is 5.69 Å². The molecule has 1 atom stereocenters. The number of unbranched alkanes of at least 4 members (excludes halogenated alkanes) is 5. The van der Waals surface area contributed by atoms with Gasteiger partial charge >= 0.3 is 0 Å². The Balaban J connectivity index is 1.07. The quantitative estimate of drug-likeness (QED) is 0.412. The maximum atomic E-state index is 12.6. The van der Waals surface area contributed by atoms with E-state index < -0.39 is 0 Å². The Morgan fingerprint density at radius 1 is 1.00 bits per heavy atom. The van der Waals surface area contributed by atoms with Crippen molar-refractivity contribution in [1.82, 2.24) is 19.8 Å². The molecular weight excluding hydrogens is 426 g/mol. The van der Waals surface area contributed by atoms with Gasteiger partial charge in [0, 0.05) is 31.0 Å². The standard InChI is InChI=1S/C27H31N5O2/c33-26-25(21-10-6-5-7-11-21)32-19-22-18-23(12-13-24(22)29-27(32)30-26)34-17-9-4-2-1-3-8-15-31-16-14-28-20-31/h5-7,10-14,16,18,20,25H,1-4,8-9,15,17,19H2,(H,29,30,33). The molecule has 7 nitrogen and oxygen atoms in total. The van der Waals surface area contributed by atoms with E-state index >= 15 is 0 Å². The summed E-state index contributed by atoms with van der Waals surface area (Å²) in [6, 6.07) is 15.5. The van der Waals surface area contributed by atoms with E-state index in [1.807, 2.05) is 66.1 Å². The van der Waals surface area contributed by atoms with Crippen molar-refractivity contribution in [1.29, 1.82) is 0 Å². The van der Waals surface area contributed by atoms with E-state index in [0.29, 0.717) is 12.5 Å². The first-order valence-electron chi connectivity index (χ1n) is 12.2. The van der Waals surface area contributed by atoms with Gasteiger partial charge in [0.05, 0.1) is 18.6 Å². The lowest BCUT2D eigenvalue weighted by Gasteiger charge is -2.28. The van der Waals surface area contributed by atoms with Crippen molar-refractivity contribution in [2.45, 2.75) is 57.7 Å². The molecule has 176 valence electrons. The Morgan fingerprint density at radius 2 is 1.82 bits per heavy atom. The maximum Gasteiger partial charge on any atom is 0.254 e. The van der Waals surface area contributed by atoms with Gasteiger partial charge in [-0.15, -0.1) is 0 Å². The number of ether oxygens (including phenoxy) is 1. The van der Waals surface area contributed by atoms with Crippen LogP contribution in [0.3, 0.4) is 0 Å². The van der Waals surface area contributed by atoms with Crippen LogP contribution in [0, 0.1) is 0 Å². The number of nitrogens with one attached hydrogen (secondary N) is 1. The van der Waals surface area contributed by atoms with Crippen molar-refractivity contribution >= 4 is 17.6 Å². The summed E-state index contributed by atoms with van der Waals surface area (Å²) in [6.07, 6.45) is 12.9. The molecular formula is C27H31N5O2. The number of fused-ring (bicyclic) bond motifs is 2. The molecule has 0 bridgehead atoms. The molecule has 0 saturated carbocycles. The third-order valence-corrected chi connectivity index (χ3v) is 6.44. The number of nitrogens with zero attached hydrogens (tertiary/aromatic N) is 4. The second kappa shape index (κ2) is 10.5.